The average Bonchev–Trinajstić information content (AvgIpc) is 2.63. The summed E-state index contributed by atoms with van der Waals surface area (Å²) in [6.07, 6.45) is 4.73. The lowest BCUT2D eigenvalue weighted by Gasteiger charge is -2.25. The molecule has 2 heteroatoms. The molecule has 1 aliphatic heterocycles. The van der Waals surface area contributed by atoms with Crippen molar-refractivity contribution in [3.8, 4) is 11.1 Å². The van der Waals surface area contributed by atoms with Crippen molar-refractivity contribution in [2.75, 3.05) is 26.8 Å². The predicted octanol–water partition coefficient (Wildman–Crippen LogP) is 4.71. The van der Waals surface area contributed by atoms with Crippen molar-refractivity contribution >= 4 is 0 Å². The van der Waals surface area contributed by atoms with Crippen molar-refractivity contribution in [2.24, 2.45) is 0 Å². The van der Waals surface area contributed by atoms with Crippen LogP contribution in [-0.2, 0) is 11.2 Å². The topological polar surface area (TPSA) is 21.3 Å². The Morgan fingerprint density at radius 1 is 1.17 bits per heavy atom. The Morgan fingerprint density at radius 3 is 2.79 bits per heavy atom. The Balaban J connectivity index is 1.83. The van der Waals surface area contributed by atoms with Crippen LogP contribution in [-0.4, -0.2) is 26.8 Å². The van der Waals surface area contributed by atoms with Crippen LogP contribution in [0.4, 0.5) is 0 Å². The molecule has 24 heavy (non-hydrogen) atoms. The molecule has 1 atom stereocenters. The van der Waals surface area contributed by atoms with E-state index in [4.69, 9.17) is 4.74 Å². The molecule has 1 N–H and O–H groups in total. The van der Waals surface area contributed by atoms with Crippen LogP contribution >= 0.6 is 0 Å². The second-order valence-electron chi connectivity index (χ2n) is 6.87. The Kier molecular flexibility index (Phi) is 6.06. The van der Waals surface area contributed by atoms with Gasteiger partial charge in [0, 0.05) is 20.3 Å². The Hall–Kier alpha value is -1.64. The summed E-state index contributed by atoms with van der Waals surface area (Å²) >= 11 is 0. The number of benzene rings is 2. The number of nitrogens with one attached hydrogen (secondary N) is 1. The highest BCUT2D eigenvalue weighted by molar-refractivity contribution is 5.68. The molecule has 2 nitrogen and oxygen atoms in total. The van der Waals surface area contributed by atoms with E-state index in [0.717, 1.165) is 26.0 Å². The van der Waals surface area contributed by atoms with Gasteiger partial charge < -0.3 is 10.1 Å². The van der Waals surface area contributed by atoms with E-state index in [1.165, 1.54) is 47.2 Å². The normalized spacial score (nSPS) is 17.8. The molecule has 0 amide bonds. The minimum atomic E-state index is 0.671. The number of hydrogen-bond acceptors (Lipinski definition) is 2. The molecule has 128 valence electrons. The molecule has 1 saturated heterocycles. The second kappa shape index (κ2) is 8.46. The third kappa shape index (κ3) is 4.06. The first-order valence-corrected chi connectivity index (χ1v) is 9.18. The van der Waals surface area contributed by atoms with Gasteiger partial charge in [0.25, 0.3) is 0 Å². The number of piperidine rings is 1. The Morgan fingerprint density at radius 2 is 2.04 bits per heavy atom. The van der Waals surface area contributed by atoms with Crippen LogP contribution < -0.4 is 5.32 Å². The Bertz CT molecular complexity index is 659. The summed E-state index contributed by atoms with van der Waals surface area (Å²) in [4.78, 5) is 0. The maximum atomic E-state index is 5.21. The lowest BCUT2D eigenvalue weighted by molar-refractivity contribution is 0.195. The van der Waals surface area contributed by atoms with Gasteiger partial charge in [-0.15, -0.1) is 0 Å². The summed E-state index contributed by atoms with van der Waals surface area (Å²) in [7, 11) is 1.77. The lowest BCUT2D eigenvalue weighted by Crippen LogP contribution is -2.28. The van der Waals surface area contributed by atoms with Gasteiger partial charge >= 0.3 is 0 Å². The van der Waals surface area contributed by atoms with Gasteiger partial charge in [0.05, 0.1) is 0 Å². The molecule has 1 aliphatic rings. The molecule has 2 aromatic rings. The van der Waals surface area contributed by atoms with Crippen LogP contribution in [0, 0.1) is 6.92 Å². The third-order valence-corrected chi connectivity index (χ3v) is 5.13. The van der Waals surface area contributed by atoms with Gasteiger partial charge in [-0.25, -0.2) is 0 Å². The summed E-state index contributed by atoms with van der Waals surface area (Å²) < 4.78 is 5.21. The van der Waals surface area contributed by atoms with Crippen LogP contribution in [0.15, 0.2) is 42.5 Å². The number of ether oxygens (including phenoxy) is 1. The molecule has 0 unspecified atom stereocenters. The summed E-state index contributed by atoms with van der Waals surface area (Å²) in [5, 5.41) is 3.53. The van der Waals surface area contributed by atoms with Crippen molar-refractivity contribution in [1.29, 1.82) is 0 Å². The zero-order chi connectivity index (χ0) is 16.8. The fraction of sp³-hybridized carbons (Fsp3) is 0.455. The molecule has 0 bridgehead atoms. The van der Waals surface area contributed by atoms with Gasteiger partial charge in [-0.3, -0.25) is 0 Å². The molecule has 0 spiro atoms. The average molecular weight is 323 g/mol. The zero-order valence-corrected chi connectivity index (χ0v) is 15.0. The molecule has 0 saturated carbocycles. The smallest absolute Gasteiger partial charge is 0.0465 e. The van der Waals surface area contributed by atoms with Gasteiger partial charge in [0.15, 0.2) is 0 Å². The van der Waals surface area contributed by atoms with Crippen molar-refractivity contribution in [1.82, 2.24) is 5.32 Å². The SMILES string of the molecule is COCCCc1ccccc1-c1ccc([C@@H]2CCCNC2)c(C)c1. The van der Waals surface area contributed by atoms with Crippen LogP contribution in [0.5, 0.6) is 0 Å². The van der Waals surface area contributed by atoms with E-state index in [1.807, 2.05) is 0 Å². The van der Waals surface area contributed by atoms with Crippen LogP contribution in [0.1, 0.15) is 41.9 Å². The van der Waals surface area contributed by atoms with Gasteiger partial charge in [0.2, 0.25) is 0 Å². The highest BCUT2D eigenvalue weighted by atomic mass is 16.5. The summed E-state index contributed by atoms with van der Waals surface area (Å²) in [5.74, 6) is 0.671. The third-order valence-electron chi connectivity index (χ3n) is 5.13. The monoisotopic (exact) mass is 323 g/mol. The number of rotatable bonds is 6. The zero-order valence-electron chi connectivity index (χ0n) is 15.0. The largest absolute Gasteiger partial charge is 0.385 e. The molecule has 0 radical (unpaired) electrons. The molecular weight excluding hydrogens is 294 g/mol. The molecule has 2 aromatic carbocycles. The molecule has 0 aliphatic carbocycles. The van der Waals surface area contributed by atoms with E-state index in [-0.39, 0.29) is 0 Å². The van der Waals surface area contributed by atoms with E-state index in [0.29, 0.717) is 5.92 Å². The summed E-state index contributed by atoms with van der Waals surface area (Å²) in [5.41, 5.74) is 7.06. The predicted molar refractivity (Wildman–Crippen MR) is 102 cm³/mol. The Labute approximate surface area is 146 Å². The minimum Gasteiger partial charge on any atom is -0.385 e. The molecule has 0 aromatic heterocycles. The van der Waals surface area contributed by atoms with E-state index in [2.05, 4.69) is 54.7 Å². The molecular formula is C22H29NO. The number of methoxy groups -OCH3 is 1. The second-order valence-corrected chi connectivity index (χ2v) is 6.87. The standard InChI is InChI=1S/C22H29NO/c1-17-15-19(11-12-21(17)20-8-5-13-23-16-20)22-10-4-3-7-18(22)9-6-14-24-2/h3-4,7,10-12,15,20,23H,5-6,8-9,13-14,16H2,1-2H3/t20-/m1/s1. The maximum absolute atomic E-state index is 5.21. The number of hydrogen-bond donors (Lipinski definition) is 1. The maximum Gasteiger partial charge on any atom is 0.0465 e. The van der Waals surface area contributed by atoms with Crippen molar-refractivity contribution < 1.29 is 4.74 Å². The summed E-state index contributed by atoms with van der Waals surface area (Å²) in [6, 6.07) is 15.8. The van der Waals surface area contributed by atoms with Crippen LogP contribution in [0.3, 0.4) is 0 Å². The van der Waals surface area contributed by atoms with Crippen molar-refractivity contribution in [3.63, 3.8) is 0 Å². The highest BCUT2D eigenvalue weighted by Crippen LogP contribution is 2.31. The van der Waals surface area contributed by atoms with Gasteiger partial charge in [-0.05, 0) is 72.9 Å². The first-order chi connectivity index (χ1) is 11.8. The lowest BCUT2D eigenvalue weighted by atomic mass is 9.86. The van der Waals surface area contributed by atoms with E-state index >= 15 is 0 Å². The molecule has 3 rings (SSSR count). The van der Waals surface area contributed by atoms with E-state index < -0.39 is 0 Å². The van der Waals surface area contributed by atoms with Crippen LogP contribution in [0.2, 0.25) is 0 Å². The minimum absolute atomic E-state index is 0.671. The summed E-state index contributed by atoms with van der Waals surface area (Å²) in [6.45, 7) is 5.37. The van der Waals surface area contributed by atoms with Gasteiger partial charge in [0.1, 0.15) is 0 Å². The van der Waals surface area contributed by atoms with E-state index in [9.17, 15) is 0 Å². The quantitative estimate of drug-likeness (QED) is 0.778. The highest BCUT2D eigenvalue weighted by Gasteiger charge is 2.17. The molecule has 1 heterocycles. The van der Waals surface area contributed by atoms with Gasteiger partial charge in [-0.1, -0.05) is 42.5 Å². The van der Waals surface area contributed by atoms with Crippen molar-refractivity contribution in [2.45, 2.75) is 38.5 Å². The fourth-order valence-corrected chi connectivity index (χ4v) is 3.85. The van der Waals surface area contributed by atoms with Gasteiger partial charge in [-0.2, -0.15) is 0 Å². The van der Waals surface area contributed by atoms with Crippen molar-refractivity contribution in [3.05, 3.63) is 59.2 Å². The fourth-order valence-electron chi connectivity index (χ4n) is 3.85. The number of aryl methyl sites for hydroxylation is 2. The van der Waals surface area contributed by atoms with Crippen LogP contribution in [0.25, 0.3) is 11.1 Å². The molecule has 1 fully saturated rings. The first-order valence-electron chi connectivity index (χ1n) is 9.18. The van der Waals surface area contributed by atoms with E-state index in [1.54, 1.807) is 7.11 Å². The first kappa shape index (κ1) is 17.2.